The summed E-state index contributed by atoms with van der Waals surface area (Å²) in [5, 5.41) is 5.42. The molecular weight excluding hydrogens is 491 g/mol. The van der Waals surface area contributed by atoms with Gasteiger partial charge >= 0.3 is 20.2 Å². The lowest BCUT2D eigenvalue weighted by Gasteiger charge is -2.14. The second kappa shape index (κ2) is 27.6. The van der Waals surface area contributed by atoms with E-state index in [9.17, 15) is 14.2 Å². The number of alkyl carbamates (subject to hydrolysis) is 2. The van der Waals surface area contributed by atoms with Crippen LogP contribution >= 0.6 is 8.03 Å². The summed E-state index contributed by atoms with van der Waals surface area (Å²) in [4.78, 5) is 24.3. The molecule has 0 bridgehead atoms. The highest BCUT2D eigenvalue weighted by molar-refractivity contribution is 7.39. The van der Waals surface area contributed by atoms with Gasteiger partial charge in [0.25, 0.3) is 6.29 Å². The predicted molar refractivity (Wildman–Crippen MR) is 151 cm³/mol. The molecule has 218 valence electrons. The fourth-order valence-corrected chi connectivity index (χ4v) is 4.79. The van der Waals surface area contributed by atoms with E-state index in [1.165, 1.54) is 57.8 Å². The van der Waals surface area contributed by atoms with Crippen LogP contribution in [0.4, 0.5) is 9.59 Å². The highest BCUT2D eigenvalue weighted by Gasteiger charge is 2.29. The van der Waals surface area contributed by atoms with Gasteiger partial charge in [-0.05, 0) is 30.2 Å². The predicted octanol–water partition coefficient (Wildman–Crippen LogP) is 8.61. The number of amides is 2. The van der Waals surface area contributed by atoms with Gasteiger partial charge in [-0.1, -0.05) is 115 Å². The molecule has 0 aromatic carbocycles. The minimum atomic E-state index is -2.02. The van der Waals surface area contributed by atoms with Gasteiger partial charge in [0.1, 0.15) is 0 Å². The second-order valence-electron chi connectivity index (χ2n) is 9.75. The molecule has 2 unspecified atom stereocenters. The third-order valence-corrected chi connectivity index (χ3v) is 7.27. The molecule has 2 amide bonds. The topological polar surface area (TPSA) is 103 Å². The van der Waals surface area contributed by atoms with Crippen molar-refractivity contribution in [2.75, 3.05) is 25.9 Å². The van der Waals surface area contributed by atoms with Crippen molar-refractivity contribution in [2.24, 2.45) is 0 Å². The fraction of sp³-hybridized carbons (Fsp3) is 0.929. The van der Waals surface area contributed by atoms with Crippen LogP contribution in [0, 0.1) is 0 Å². The van der Waals surface area contributed by atoms with E-state index in [-0.39, 0.29) is 6.61 Å². The minimum absolute atomic E-state index is 0.301. The molecular formula is C28H56N2O6P+. The first-order chi connectivity index (χ1) is 18.0. The van der Waals surface area contributed by atoms with E-state index >= 15 is 0 Å². The lowest BCUT2D eigenvalue weighted by Crippen LogP contribution is -2.35. The molecule has 0 fully saturated rings. The highest BCUT2D eigenvalue weighted by atomic mass is 31.1. The molecule has 0 radical (unpaired) electrons. The molecule has 0 aromatic rings. The molecule has 37 heavy (non-hydrogen) atoms. The molecule has 8 nitrogen and oxygen atoms in total. The first kappa shape index (κ1) is 35.6. The van der Waals surface area contributed by atoms with Gasteiger partial charge in [-0.15, -0.1) is 0 Å². The lowest BCUT2D eigenvalue weighted by molar-refractivity contribution is -0.0631. The van der Waals surface area contributed by atoms with E-state index < -0.39 is 26.5 Å². The van der Waals surface area contributed by atoms with Crippen molar-refractivity contribution >= 4 is 20.2 Å². The van der Waals surface area contributed by atoms with Crippen molar-refractivity contribution in [3.63, 3.8) is 0 Å². The van der Waals surface area contributed by atoms with Crippen LogP contribution in [-0.4, -0.2) is 44.3 Å². The Morgan fingerprint density at radius 3 is 1.57 bits per heavy atom. The summed E-state index contributed by atoms with van der Waals surface area (Å²) in [5.74, 6) is 0. The average Bonchev–Trinajstić information content (AvgIpc) is 2.88. The largest absolute Gasteiger partial charge is 0.512 e. The molecule has 0 aromatic heterocycles. The summed E-state index contributed by atoms with van der Waals surface area (Å²) in [5.41, 5.74) is 0. The van der Waals surface area contributed by atoms with Gasteiger partial charge in [0.05, 0.1) is 0 Å². The SMILES string of the molecule is CCCCCCCCNC(=O)OCC(OC(=O)NCCCCCCCC)O[P+](=O)CCCCCCCC. The number of unbranched alkanes of at least 4 members (excludes halogenated alkanes) is 15. The Morgan fingerprint density at radius 1 is 0.622 bits per heavy atom. The van der Waals surface area contributed by atoms with Gasteiger partial charge in [0, 0.05) is 13.1 Å². The van der Waals surface area contributed by atoms with Gasteiger partial charge in [-0.3, -0.25) is 0 Å². The van der Waals surface area contributed by atoms with Crippen molar-refractivity contribution in [3.8, 4) is 0 Å². The number of hydrogen-bond donors (Lipinski definition) is 2. The van der Waals surface area contributed by atoms with E-state index in [2.05, 4.69) is 31.4 Å². The Labute approximate surface area is 227 Å². The Kier molecular flexibility index (Phi) is 26.6. The third kappa shape index (κ3) is 26.0. The molecule has 0 saturated carbocycles. The molecule has 2 N–H and O–H groups in total. The van der Waals surface area contributed by atoms with Gasteiger partial charge in [0.2, 0.25) is 0 Å². The summed E-state index contributed by atoms with van der Waals surface area (Å²) < 4.78 is 28.4. The number of ether oxygens (including phenoxy) is 2. The quantitative estimate of drug-likeness (QED) is 0.0638. The van der Waals surface area contributed by atoms with E-state index in [1.54, 1.807) is 0 Å². The number of rotatable bonds is 26. The second-order valence-corrected chi connectivity index (χ2v) is 11.1. The normalized spacial score (nSPS) is 12.1. The zero-order chi connectivity index (χ0) is 27.4. The summed E-state index contributed by atoms with van der Waals surface area (Å²) in [6.07, 6.45) is 17.9. The van der Waals surface area contributed by atoms with Crippen LogP contribution in [0.15, 0.2) is 0 Å². The summed E-state index contributed by atoms with van der Waals surface area (Å²) in [6.45, 7) is 7.27. The maximum absolute atomic E-state index is 12.4. The van der Waals surface area contributed by atoms with E-state index in [1.807, 2.05) is 0 Å². The summed E-state index contributed by atoms with van der Waals surface area (Å²) in [7, 11) is -2.02. The van der Waals surface area contributed by atoms with Crippen LogP contribution in [0.3, 0.4) is 0 Å². The summed E-state index contributed by atoms with van der Waals surface area (Å²) in [6, 6.07) is 0. The van der Waals surface area contributed by atoms with Gasteiger partial charge in [0.15, 0.2) is 12.8 Å². The Bertz CT molecular complexity index is 565. The number of carbonyl (C=O) groups excluding carboxylic acids is 2. The van der Waals surface area contributed by atoms with Crippen LogP contribution in [0.5, 0.6) is 0 Å². The smallest absolute Gasteiger partial charge is 0.443 e. The van der Waals surface area contributed by atoms with Gasteiger partial charge in [-0.2, -0.15) is 0 Å². The molecule has 2 atom stereocenters. The Balaban J connectivity index is 4.37. The molecule has 0 rings (SSSR count). The maximum atomic E-state index is 12.4. The van der Waals surface area contributed by atoms with Gasteiger partial charge < -0.3 is 20.1 Å². The first-order valence-corrected chi connectivity index (χ1v) is 16.4. The van der Waals surface area contributed by atoms with E-state index in [0.717, 1.165) is 57.8 Å². The molecule has 0 heterocycles. The molecule has 0 aliphatic carbocycles. The number of nitrogens with one attached hydrogen (secondary N) is 2. The van der Waals surface area contributed by atoms with Gasteiger partial charge in [-0.25, -0.2) is 9.59 Å². The maximum Gasteiger partial charge on any atom is 0.512 e. The molecule has 9 heteroatoms. The monoisotopic (exact) mass is 547 g/mol. The standard InChI is InChI=1S/C28H55N2O6P/c1-4-7-10-13-16-19-22-29-27(31)34-25-26(36-37(33)24-21-18-15-12-9-6-3)35-28(32)30-23-20-17-14-11-8-5-2/h26H,4-25H2,1-3H3,(H-,29,30,31,32)/p+1. The third-order valence-electron chi connectivity index (χ3n) is 6.12. The van der Waals surface area contributed by atoms with Crippen LogP contribution in [-0.2, 0) is 18.6 Å². The molecule has 0 spiro atoms. The number of carbonyl (C=O) groups is 2. The fourth-order valence-electron chi connectivity index (χ4n) is 3.84. The minimum Gasteiger partial charge on any atom is -0.443 e. The van der Waals surface area contributed by atoms with Crippen molar-refractivity contribution < 1.29 is 28.2 Å². The Morgan fingerprint density at radius 2 is 1.05 bits per heavy atom. The highest BCUT2D eigenvalue weighted by Crippen LogP contribution is 2.27. The zero-order valence-electron chi connectivity index (χ0n) is 24.0. The number of hydrogen-bond acceptors (Lipinski definition) is 6. The average molecular weight is 548 g/mol. The first-order valence-electron chi connectivity index (χ1n) is 15.0. The van der Waals surface area contributed by atoms with Crippen molar-refractivity contribution in [1.29, 1.82) is 0 Å². The summed E-state index contributed by atoms with van der Waals surface area (Å²) >= 11 is 0. The Hall–Kier alpha value is -1.40. The lowest BCUT2D eigenvalue weighted by atomic mass is 10.1. The molecule has 0 saturated heterocycles. The van der Waals surface area contributed by atoms with Crippen molar-refractivity contribution in [2.45, 2.75) is 143 Å². The van der Waals surface area contributed by atoms with Crippen LogP contribution < -0.4 is 10.6 Å². The molecule has 0 aliphatic rings. The van der Waals surface area contributed by atoms with Crippen LogP contribution in [0.1, 0.15) is 136 Å². The van der Waals surface area contributed by atoms with Crippen molar-refractivity contribution in [3.05, 3.63) is 0 Å². The zero-order valence-corrected chi connectivity index (χ0v) is 24.9. The molecule has 0 aliphatic heterocycles. The van der Waals surface area contributed by atoms with E-state index in [4.69, 9.17) is 14.0 Å². The van der Waals surface area contributed by atoms with E-state index in [0.29, 0.717) is 19.3 Å². The van der Waals surface area contributed by atoms with Crippen LogP contribution in [0.2, 0.25) is 0 Å². The van der Waals surface area contributed by atoms with Crippen LogP contribution in [0.25, 0.3) is 0 Å². The van der Waals surface area contributed by atoms with Crippen molar-refractivity contribution in [1.82, 2.24) is 10.6 Å².